The first kappa shape index (κ1) is 16.6. The number of aryl methyl sites for hydroxylation is 2. The van der Waals surface area contributed by atoms with Crippen LogP contribution < -0.4 is 10.1 Å². The van der Waals surface area contributed by atoms with Crippen molar-refractivity contribution >= 4 is 11.6 Å². The van der Waals surface area contributed by atoms with Crippen LogP contribution in [0.25, 0.3) is 0 Å². The number of benzene rings is 1. The summed E-state index contributed by atoms with van der Waals surface area (Å²) in [5.74, 6) is 0.949. The fourth-order valence-electron chi connectivity index (χ4n) is 2.87. The monoisotopic (exact) mass is 311 g/mol. The summed E-state index contributed by atoms with van der Waals surface area (Å²) in [4.78, 5) is 0. The maximum Gasteiger partial charge on any atom is 0.128 e. The largest absolute Gasteiger partial charge is 0.487 e. The Kier molecular flexibility index (Phi) is 5.91. The first-order valence-electron chi connectivity index (χ1n) is 7.85. The van der Waals surface area contributed by atoms with Crippen molar-refractivity contribution in [1.82, 2.24) is 5.32 Å². The Morgan fingerprint density at radius 2 is 1.90 bits per heavy atom. The van der Waals surface area contributed by atoms with Crippen LogP contribution in [0.4, 0.5) is 0 Å². The van der Waals surface area contributed by atoms with Gasteiger partial charge in [0.2, 0.25) is 0 Å². The van der Waals surface area contributed by atoms with Gasteiger partial charge in [0, 0.05) is 24.1 Å². The normalized spacial score (nSPS) is 24.7. The molecule has 0 saturated heterocycles. The number of ether oxygens (including phenoxy) is 2. The number of rotatable bonds is 7. The van der Waals surface area contributed by atoms with E-state index in [1.807, 2.05) is 26.0 Å². The van der Waals surface area contributed by atoms with Gasteiger partial charge in [0.15, 0.2) is 0 Å². The van der Waals surface area contributed by atoms with Gasteiger partial charge in [-0.2, -0.15) is 0 Å². The van der Waals surface area contributed by atoms with E-state index in [0.29, 0.717) is 6.04 Å². The van der Waals surface area contributed by atoms with Gasteiger partial charge < -0.3 is 14.8 Å². The van der Waals surface area contributed by atoms with Crippen LogP contribution in [-0.2, 0) is 4.74 Å². The molecule has 4 heteroatoms. The molecule has 0 amide bonds. The molecule has 1 saturated carbocycles. The molecular weight excluding hydrogens is 286 g/mol. The molecule has 118 valence electrons. The molecule has 1 aliphatic carbocycles. The molecule has 3 nitrogen and oxygen atoms in total. The van der Waals surface area contributed by atoms with Crippen molar-refractivity contribution < 1.29 is 9.47 Å². The molecule has 1 aromatic carbocycles. The Balaban J connectivity index is 2.05. The molecule has 0 heterocycles. The summed E-state index contributed by atoms with van der Waals surface area (Å²) in [5.41, 5.74) is 2.17. The molecular formula is C17H26ClNO2. The molecule has 0 bridgehead atoms. The van der Waals surface area contributed by atoms with Crippen molar-refractivity contribution in [3.63, 3.8) is 0 Å². The van der Waals surface area contributed by atoms with E-state index in [0.717, 1.165) is 47.9 Å². The Morgan fingerprint density at radius 3 is 2.48 bits per heavy atom. The summed E-state index contributed by atoms with van der Waals surface area (Å²) < 4.78 is 12.2. The van der Waals surface area contributed by atoms with E-state index >= 15 is 0 Å². The van der Waals surface area contributed by atoms with Gasteiger partial charge in [-0.05, 0) is 50.1 Å². The average Bonchev–Trinajstić information content (AvgIpc) is 2.40. The Bertz CT molecular complexity index is 455. The topological polar surface area (TPSA) is 30.5 Å². The quantitative estimate of drug-likeness (QED) is 0.829. The highest BCUT2D eigenvalue weighted by atomic mass is 35.5. The van der Waals surface area contributed by atoms with Crippen molar-refractivity contribution in [3.8, 4) is 5.75 Å². The maximum atomic E-state index is 6.23. The highest BCUT2D eigenvalue weighted by molar-refractivity contribution is 6.30. The van der Waals surface area contributed by atoms with E-state index < -0.39 is 0 Å². The van der Waals surface area contributed by atoms with Gasteiger partial charge in [-0.25, -0.2) is 0 Å². The number of hydrogen-bond donors (Lipinski definition) is 1. The van der Waals surface area contributed by atoms with Gasteiger partial charge in [-0.1, -0.05) is 25.4 Å². The van der Waals surface area contributed by atoms with E-state index in [-0.39, 0.29) is 12.2 Å². The maximum absolute atomic E-state index is 6.23. The first-order valence-corrected chi connectivity index (χ1v) is 8.23. The zero-order chi connectivity index (χ0) is 15.4. The number of nitrogens with one attached hydrogen (secondary N) is 1. The van der Waals surface area contributed by atoms with Gasteiger partial charge in [-0.15, -0.1) is 0 Å². The summed E-state index contributed by atoms with van der Waals surface area (Å²) in [5, 5.41) is 4.23. The van der Waals surface area contributed by atoms with Crippen molar-refractivity contribution in [1.29, 1.82) is 0 Å². The van der Waals surface area contributed by atoms with Crippen LogP contribution in [0.15, 0.2) is 12.1 Å². The van der Waals surface area contributed by atoms with Crippen LogP contribution in [0.1, 0.15) is 37.8 Å². The molecule has 2 rings (SSSR count). The van der Waals surface area contributed by atoms with E-state index in [9.17, 15) is 0 Å². The number of halogens is 1. The third-order valence-electron chi connectivity index (χ3n) is 3.92. The molecule has 1 N–H and O–H groups in total. The van der Waals surface area contributed by atoms with Gasteiger partial charge in [0.1, 0.15) is 18.0 Å². The number of hydrogen-bond acceptors (Lipinski definition) is 3. The lowest BCUT2D eigenvalue weighted by atomic mass is 9.85. The summed E-state index contributed by atoms with van der Waals surface area (Å²) in [6.07, 6.45) is 2.28. The second kappa shape index (κ2) is 7.48. The SMILES string of the molecule is CCCOC1C(NCC)CC1Oc1c(C)cc(Cl)cc1C. The Morgan fingerprint density at radius 1 is 1.24 bits per heavy atom. The van der Waals surface area contributed by atoms with E-state index in [1.54, 1.807) is 0 Å². The highest BCUT2D eigenvalue weighted by Gasteiger charge is 2.43. The molecule has 1 aliphatic rings. The van der Waals surface area contributed by atoms with Crippen molar-refractivity contribution in [2.45, 2.75) is 58.8 Å². The van der Waals surface area contributed by atoms with E-state index in [2.05, 4.69) is 19.2 Å². The van der Waals surface area contributed by atoms with Crippen LogP contribution in [0.2, 0.25) is 5.02 Å². The van der Waals surface area contributed by atoms with Crippen LogP contribution in [-0.4, -0.2) is 31.4 Å². The van der Waals surface area contributed by atoms with Gasteiger partial charge >= 0.3 is 0 Å². The van der Waals surface area contributed by atoms with E-state index in [4.69, 9.17) is 21.1 Å². The molecule has 0 aromatic heterocycles. The standard InChI is InChI=1S/C17H26ClNO2/c1-5-7-20-17-14(19-6-2)10-15(17)21-16-11(3)8-13(18)9-12(16)4/h8-9,14-15,17,19H,5-7,10H2,1-4H3. The summed E-state index contributed by atoms with van der Waals surface area (Å²) in [7, 11) is 0. The molecule has 1 aromatic rings. The molecule has 0 radical (unpaired) electrons. The summed E-state index contributed by atoms with van der Waals surface area (Å²) in [6.45, 7) is 10.1. The molecule has 1 fully saturated rings. The first-order chi connectivity index (χ1) is 10.1. The van der Waals surface area contributed by atoms with Gasteiger partial charge in [0.05, 0.1) is 0 Å². The van der Waals surface area contributed by atoms with Crippen molar-refractivity contribution in [2.75, 3.05) is 13.2 Å². The lowest BCUT2D eigenvalue weighted by molar-refractivity contribution is -0.107. The Labute approximate surface area is 133 Å². The fourth-order valence-corrected chi connectivity index (χ4v) is 3.20. The van der Waals surface area contributed by atoms with E-state index in [1.165, 1.54) is 0 Å². The van der Waals surface area contributed by atoms with Gasteiger partial charge in [-0.3, -0.25) is 0 Å². The fraction of sp³-hybridized carbons (Fsp3) is 0.647. The lowest BCUT2D eigenvalue weighted by Crippen LogP contribution is -2.61. The molecule has 0 aliphatic heterocycles. The van der Waals surface area contributed by atoms with Crippen molar-refractivity contribution in [2.24, 2.45) is 0 Å². The van der Waals surface area contributed by atoms with Crippen LogP contribution >= 0.6 is 11.6 Å². The second-order valence-corrected chi connectivity index (χ2v) is 6.20. The third kappa shape index (κ3) is 3.91. The van der Waals surface area contributed by atoms with Crippen molar-refractivity contribution in [3.05, 3.63) is 28.3 Å². The smallest absolute Gasteiger partial charge is 0.128 e. The van der Waals surface area contributed by atoms with Crippen LogP contribution in [0, 0.1) is 13.8 Å². The highest BCUT2D eigenvalue weighted by Crippen LogP contribution is 2.34. The lowest BCUT2D eigenvalue weighted by Gasteiger charge is -2.44. The second-order valence-electron chi connectivity index (χ2n) is 5.76. The predicted octanol–water partition coefficient (Wildman–Crippen LogP) is 3.88. The summed E-state index contributed by atoms with van der Waals surface area (Å²) >= 11 is 6.08. The minimum absolute atomic E-state index is 0.124. The molecule has 0 spiro atoms. The van der Waals surface area contributed by atoms with Crippen LogP contribution in [0.5, 0.6) is 5.75 Å². The molecule has 21 heavy (non-hydrogen) atoms. The molecule has 3 atom stereocenters. The third-order valence-corrected chi connectivity index (χ3v) is 4.14. The van der Waals surface area contributed by atoms with Crippen LogP contribution in [0.3, 0.4) is 0 Å². The predicted molar refractivity (Wildman–Crippen MR) is 87.5 cm³/mol. The number of likely N-dealkylation sites (N-methyl/N-ethyl adjacent to an activating group) is 1. The summed E-state index contributed by atoms with van der Waals surface area (Å²) in [6, 6.07) is 4.30. The Hall–Kier alpha value is -0.770. The molecule has 3 unspecified atom stereocenters. The zero-order valence-corrected chi connectivity index (χ0v) is 14.2. The van der Waals surface area contributed by atoms with Gasteiger partial charge in [0.25, 0.3) is 0 Å². The average molecular weight is 312 g/mol. The zero-order valence-electron chi connectivity index (χ0n) is 13.4. The minimum Gasteiger partial charge on any atom is -0.487 e. The minimum atomic E-state index is 0.124.